The van der Waals surface area contributed by atoms with E-state index in [0.29, 0.717) is 56.4 Å². The lowest BCUT2D eigenvalue weighted by Crippen LogP contribution is -2.53. The van der Waals surface area contributed by atoms with Crippen LogP contribution in [0.25, 0.3) is 0 Å². The normalized spacial score (nSPS) is 23.8. The molecule has 3 atom stereocenters. The zero-order valence-corrected chi connectivity index (χ0v) is 22.2. The van der Waals surface area contributed by atoms with Gasteiger partial charge in [-0.05, 0) is 30.0 Å². The van der Waals surface area contributed by atoms with Crippen molar-refractivity contribution in [1.82, 2.24) is 24.7 Å². The summed E-state index contributed by atoms with van der Waals surface area (Å²) in [5.41, 5.74) is 2.43. The monoisotopic (exact) mass is 530 g/mol. The smallest absolute Gasteiger partial charge is 0.231 e. The minimum Gasteiger partial charge on any atom is -0.395 e. The van der Waals surface area contributed by atoms with Gasteiger partial charge in [0.15, 0.2) is 0 Å². The number of hydrogen-bond donors (Lipinski definition) is 1. The number of carbonyl (C=O) groups is 1. The van der Waals surface area contributed by atoms with Crippen LogP contribution in [0.2, 0.25) is 5.02 Å². The summed E-state index contributed by atoms with van der Waals surface area (Å²) in [4.78, 5) is 31.4. The molecule has 2 fully saturated rings. The Balaban J connectivity index is 1.27. The van der Waals surface area contributed by atoms with E-state index in [1.807, 2.05) is 36.1 Å². The van der Waals surface area contributed by atoms with Gasteiger partial charge in [-0.3, -0.25) is 14.6 Å². The predicted molar refractivity (Wildman–Crippen MR) is 142 cm³/mol. The van der Waals surface area contributed by atoms with Gasteiger partial charge in [0.05, 0.1) is 18.2 Å². The van der Waals surface area contributed by atoms with E-state index in [1.165, 1.54) is 6.33 Å². The van der Waals surface area contributed by atoms with E-state index in [0.717, 1.165) is 43.1 Å². The minimum absolute atomic E-state index is 0.0907. The summed E-state index contributed by atoms with van der Waals surface area (Å²) in [6, 6.07) is 7.62. The molecule has 1 aromatic heterocycles. The Labute approximate surface area is 223 Å². The molecule has 0 saturated carbocycles. The van der Waals surface area contributed by atoms with Gasteiger partial charge in [-0.25, -0.2) is 14.4 Å². The molecule has 1 amide bonds. The number of piperazine rings is 2. The van der Waals surface area contributed by atoms with Crippen LogP contribution in [0.4, 0.5) is 10.2 Å². The van der Waals surface area contributed by atoms with Crippen LogP contribution in [0.15, 0.2) is 30.6 Å². The topological polar surface area (TPSA) is 76.0 Å². The fraction of sp³-hybridized carbons (Fsp3) is 0.593. The number of nitrogens with zero attached hydrogens (tertiary/aromatic N) is 6. The fourth-order valence-corrected chi connectivity index (χ4v) is 6.01. The zero-order chi connectivity index (χ0) is 25.9. The standard InChI is InChI=1S/C27H36ClFN6O2/c1-19-16-23(29)25-24(19)26(31-18-30-25)34-10-12-35(13-11-34)27(37)22(20-2-4-21(28)5-3-20)17-33-8-6-32(7-9-33)14-15-36/h2-5,18-19,22-23,36H,6-17H2,1H3/t19-,22+,23-/m1/s1. The Hall–Kier alpha value is -2.33. The number of halogens is 2. The summed E-state index contributed by atoms with van der Waals surface area (Å²) >= 11 is 6.14. The van der Waals surface area contributed by atoms with E-state index in [1.54, 1.807) is 0 Å². The number of carbonyl (C=O) groups excluding carboxylic acids is 1. The lowest BCUT2D eigenvalue weighted by molar-refractivity contribution is -0.133. The first kappa shape index (κ1) is 26.3. The lowest BCUT2D eigenvalue weighted by atomic mass is 9.96. The van der Waals surface area contributed by atoms with Crippen molar-refractivity contribution in [2.24, 2.45) is 0 Å². The van der Waals surface area contributed by atoms with Crippen molar-refractivity contribution in [3.63, 3.8) is 0 Å². The van der Waals surface area contributed by atoms with Gasteiger partial charge < -0.3 is 14.9 Å². The summed E-state index contributed by atoms with van der Waals surface area (Å²) in [6.07, 6.45) is 0.893. The second-order valence-electron chi connectivity index (χ2n) is 10.4. The first-order chi connectivity index (χ1) is 17.9. The second-order valence-corrected chi connectivity index (χ2v) is 10.8. The van der Waals surface area contributed by atoms with Crippen molar-refractivity contribution in [2.75, 3.05) is 77.0 Å². The number of benzene rings is 1. The third-order valence-electron chi connectivity index (χ3n) is 8.03. The van der Waals surface area contributed by atoms with Gasteiger partial charge in [0.2, 0.25) is 5.91 Å². The van der Waals surface area contributed by atoms with Gasteiger partial charge in [-0.15, -0.1) is 0 Å². The van der Waals surface area contributed by atoms with Gasteiger partial charge in [0, 0.05) is 76.0 Å². The SMILES string of the molecule is C[C@@H]1C[C@@H](F)c2ncnc(N3CCN(C(=O)[C@@H](CN4CCN(CCO)CC4)c4ccc(Cl)cc4)CC3)c21. The molecule has 2 aromatic rings. The molecule has 0 radical (unpaired) electrons. The van der Waals surface area contributed by atoms with Crippen LogP contribution in [-0.4, -0.2) is 108 Å². The molecule has 3 heterocycles. The number of amides is 1. The summed E-state index contributed by atoms with van der Waals surface area (Å²) in [6.45, 7) is 9.59. The highest BCUT2D eigenvalue weighted by Crippen LogP contribution is 2.44. The quantitative estimate of drug-likeness (QED) is 0.590. The van der Waals surface area contributed by atoms with E-state index in [4.69, 9.17) is 11.6 Å². The lowest BCUT2D eigenvalue weighted by Gasteiger charge is -2.40. The first-order valence-corrected chi connectivity index (χ1v) is 13.7. The number of aliphatic hydroxyl groups is 1. The zero-order valence-electron chi connectivity index (χ0n) is 21.4. The predicted octanol–water partition coefficient (Wildman–Crippen LogP) is 2.69. The maximum Gasteiger partial charge on any atom is 0.231 e. The van der Waals surface area contributed by atoms with Crippen molar-refractivity contribution in [1.29, 1.82) is 0 Å². The molecule has 10 heteroatoms. The highest BCUT2D eigenvalue weighted by atomic mass is 35.5. The minimum atomic E-state index is -1.03. The third-order valence-corrected chi connectivity index (χ3v) is 8.28. The summed E-state index contributed by atoms with van der Waals surface area (Å²) in [7, 11) is 0. The molecule has 0 spiro atoms. The number of fused-ring (bicyclic) bond motifs is 1. The van der Waals surface area contributed by atoms with E-state index < -0.39 is 6.17 Å². The number of aromatic nitrogens is 2. The summed E-state index contributed by atoms with van der Waals surface area (Å²) in [5, 5.41) is 9.89. The average molecular weight is 531 g/mol. The Morgan fingerprint density at radius 1 is 1.05 bits per heavy atom. The Bertz CT molecular complexity index is 1070. The number of β-amino-alcohol motifs (C(OH)–C–C–N with tert-alkyl or cyclic N) is 1. The molecule has 1 aliphatic carbocycles. The van der Waals surface area contributed by atoms with Gasteiger partial charge in [-0.2, -0.15) is 0 Å². The van der Waals surface area contributed by atoms with Crippen LogP contribution in [-0.2, 0) is 4.79 Å². The average Bonchev–Trinajstić information content (AvgIpc) is 3.22. The largest absolute Gasteiger partial charge is 0.395 e. The van der Waals surface area contributed by atoms with E-state index in [2.05, 4.69) is 24.7 Å². The molecular weight excluding hydrogens is 495 g/mol. The van der Waals surface area contributed by atoms with Gasteiger partial charge in [0.25, 0.3) is 0 Å². The van der Waals surface area contributed by atoms with Crippen LogP contribution in [0.3, 0.4) is 0 Å². The first-order valence-electron chi connectivity index (χ1n) is 13.3. The van der Waals surface area contributed by atoms with Crippen LogP contribution >= 0.6 is 11.6 Å². The second kappa shape index (κ2) is 11.6. The molecule has 1 aromatic carbocycles. The highest BCUT2D eigenvalue weighted by Gasteiger charge is 2.36. The van der Waals surface area contributed by atoms with Gasteiger partial charge in [-0.1, -0.05) is 30.7 Å². The number of aliphatic hydroxyl groups excluding tert-OH is 1. The summed E-state index contributed by atoms with van der Waals surface area (Å²) < 4.78 is 14.4. The molecule has 0 unspecified atom stereocenters. The molecule has 200 valence electrons. The Morgan fingerprint density at radius 2 is 1.73 bits per heavy atom. The van der Waals surface area contributed by atoms with Crippen LogP contribution in [0.5, 0.6) is 0 Å². The molecular formula is C27H36ClFN6O2. The number of hydrogen-bond acceptors (Lipinski definition) is 7. The van der Waals surface area contributed by atoms with Gasteiger partial charge >= 0.3 is 0 Å². The van der Waals surface area contributed by atoms with Crippen molar-refractivity contribution in [3.05, 3.63) is 52.4 Å². The van der Waals surface area contributed by atoms with Crippen LogP contribution < -0.4 is 4.90 Å². The van der Waals surface area contributed by atoms with Crippen molar-refractivity contribution < 1.29 is 14.3 Å². The van der Waals surface area contributed by atoms with E-state index in [9.17, 15) is 14.3 Å². The molecule has 8 nitrogen and oxygen atoms in total. The number of rotatable bonds is 7. The van der Waals surface area contributed by atoms with Crippen molar-refractivity contribution in [2.45, 2.75) is 31.4 Å². The molecule has 2 aliphatic heterocycles. The van der Waals surface area contributed by atoms with Crippen molar-refractivity contribution in [3.8, 4) is 0 Å². The molecule has 0 bridgehead atoms. The Kier molecular flexibility index (Phi) is 8.24. The summed E-state index contributed by atoms with van der Waals surface area (Å²) in [5.74, 6) is 0.765. The fourth-order valence-electron chi connectivity index (χ4n) is 5.89. The number of alkyl halides is 1. The maximum atomic E-state index is 14.4. The molecule has 1 N–H and O–H groups in total. The number of anilines is 1. The molecule has 37 heavy (non-hydrogen) atoms. The molecule has 3 aliphatic rings. The van der Waals surface area contributed by atoms with Crippen molar-refractivity contribution >= 4 is 23.3 Å². The molecule has 5 rings (SSSR count). The van der Waals surface area contributed by atoms with Crippen LogP contribution in [0, 0.1) is 0 Å². The van der Waals surface area contributed by atoms with Crippen LogP contribution in [0.1, 0.15) is 48.2 Å². The third kappa shape index (κ3) is 5.74. The highest BCUT2D eigenvalue weighted by molar-refractivity contribution is 6.30. The Morgan fingerprint density at radius 3 is 2.41 bits per heavy atom. The van der Waals surface area contributed by atoms with Gasteiger partial charge in [0.1, 0.15) is 18.3 Å². The maximum absolute atomic E-state index is 14.4. The van der Waals surface area contributed by atoms with E-state index in [-0.39, 0.29) is 24.3 Å². The molecule has 2 saturated heterocycles. The van der Waals surface area contributed by atoms with E-state index >= 15 is 0 Å².